The van der Waals surface area contributed by atoms with Crippen LogP contribution in [0.3, 0.4) is 0 Å². The topological polar surface area (TPSA) is 66.5 Å². The van der Waals surface area contributed by atoms with E-state index in [0.717, 1.165) is 35.1 Å². The van der Waals surface area contributed by atoms with Gasteiger partial charge in [-0.1, -0.05) is 48.0 Å². The summed E-state index contributed by atoms with van der Waals surface area (Å²) in [5.41, 5.74) is 7.05. The number of rotatable bonds is 7. The molecule has 1 N–H and O–H groups in total. The fourth-order valence-electron chi connectivity index (χ4n) is 4.50. The molecule has 0 saturated carbocycles. The van der Waals surface area contributed by atoms with Crippen molar-refractivity contribution in [3.8, 4) is 0 Å². The SMILES string of the molecule is Cc1ccc(S(=O)(=O)N(CC(=O)N[C@H](C)c2ccc3c(c2)CCC3)c2cccc(C)c2C)cc1. The number of sulfonamides is 1. The van der Waals surface area contributed by atoms with Crippen molar-refractivity contribution in [1.29, 1.82) is 0 Å². The van der Waals surface area contributed by atoms with Gasteiger partial charge in [0.1, 0.15) is 6.54 Å². The van der Waals surface area contributed by atoms with Gasteiger partial charge in [0, 0.05) is 0 Å². The first-order valence-corrected chi connectivity index (χ1v) is 13.2. The molecule has 34 heavy (non-hydrogen) atoms. The van der Waals surface area contributed by atoms with Gasteiger partial charge in [0.25, 0.3) is 10.0 Å². The molecule has 3 aromatic rings. The van der Waals surface area contributed by atoms with Crippen LogP contribution in [0.4, 0.5) is 5.69 Å². The lowest BCUT2D eigenvalue weighted by atomic mass is 10.0. The number of nitrogens with one attached hydrogen (secondary N) is 1. The summed E-state index contributed by atoms with van der Waals surface area (Å²) in [6, 6.07) is 18.4. The Morgan fingerprint density at radius 1 is 0.971 bits per heavy atom. The molecule has 5 nitrogen and oxygen atoms in total. The first kappa shape index (κ1) is 24.0. The Morgan fingerprint density at radius 2 is 1.68 bits per heavy atom. The minimum absolute atomic E-state index is 0.165. The Bertz CT molecular complexity index is 1310. The summed E-state index contributed by atoms with van der Waals surface area (Å²) in [7, 11) is -3.94. The van der Waals surface area contributed by atoms with Crippen LogP contribution in [-0.4, -0.2) is 20.9 Å². The van der Waals surface area contributed by atoms with Gasteiger partial charge < -0.3 is 5.32 Å². The van der Waals surface area contributed by atoms with Crippen LogP contribution in [0.25, 0.3) is 0 Å². The van der Waals surface area contributed by atoms with E-state index in [-0.39, 0.29) is 23.4 Å². The van der Waals surface area contributed by atoms with Crippen molar-refractivity contribution < 1.29 is 13.2 Å². The highest BCUT2D eigenvalue weighted by molar-refractivity contribution is 7.92. The second kappa shape index (κ2) is 9.63. The van der Waals surface area contributed by atoms with Crippen LogP contribution in [0.1, 0.15) is 52.8 Å². The highest BCUT2D eigenvalue weighted by Gasteiger charge is 2.29. The zero-order valence-corrected chi connectivity index (χ0v) is 21.1. The molecule has 1 aliphatic rings. The minimum atomic E-state index is -3.94. The van der Waals surface area contributed by atoms with E-state index in [4.69, 9.17) is 0 Å². The van der Waals surface area contributed by atoms with E-state index in [1.807, 2.05) is 39.8 Å². The molecule has 0 radical (unpaired) electrons. The van der Waals surface area contributed by atoms with Gasteiger partial charge in [0.15, 0.2) is 0 Å². The molecular formula is C28H32N2O3S. The van der Waals surface area contributed by atoms with Crippen molar-refractivity contribution >= 4 is 21.6 Å². The van der Waals surface area contributed by atoms with E-state index in [0.29, 0.717) is 5.69 Å². The molecule has 6 heteroatoms. The van der Waals surface area contributed by atoms with Crippen molar-refractivity contribution in [3.63, 3.8) is 0 Å². The van der Waals surface area contributed by atoms with E-state index in [1.165, 1.54) is 21.9 Å². The molecule has 178 valence electrons. The molecule has 0 unspecified atom stereocenters. The maximum absolute atomic E-state index is 13.7. The molecule has 0 heterocycles. The van der Waals surface area contributed by atoms with Gasteiger partial charge in [-0.2, -0.15) is 0 Å². The molecule has 0 spiro atoms. The van der Waals surface area contributed by atoms with Crippen LogP contribution in [0.2, 0.25) is 0 Å². The monoisotopic (exact) mass is 476 g/mol. The Labute approximate surface area is 202 Å². The quantitative estimate of drug-likeness (QED) is 0.511. The van der Waals surface area contributed by atoms with Crippen LogP contribution < -0.4 is 9.62 Å². The molecule has 1 amide bonds. The molecule has 1 atom stereocenters. The van der Waals surface area contributed by atoms with Gasteiger partial charge in [-0.25, -0.2) is 8.42 Å². The standard InChI is InChI=1S/C28H32N2O3S/c1-19-11-15-26(16-12-19)34(32,33)30(27-10-5-7-20(2)21(27)3)18-28(31)29-22(4)24-14-13-23-8-6-9-25(23)17-24/h5,7,10-17,22H,6,8-9,18H2,1-4H3,(H,29,31)/t22-/m1/s1. The first-order valence-electron chi connectivity index (χ1n) is 11.7. The third kappa shape index (κ3) is 4.87. The number of carbonyl (C=O) groups is 1. The zero-order chi connectivity index (χ0) is 24.5. The average molecular weight is 477 g/mol. The van der Waals surface area contributed by atoms with E-state index in [1.54, 1.807) is 30.3 Å². The number of anilines is 1. The number of benzene rings is 3. The molecule has 3 aromatic carbocycles. The Morgan fingerprint density at radius 3 is 2.41 bits per heavy atom. The summed E-state index contributed by atoms with van der Waals surface area (Å²) < 4.78 is 28.6. The number of amides is 1. The molecule has 0 aromatic heterocycles. The van der Waals surface area contributed by atoms with Crippen molar-refractivity contribution in [3.05, 3.63) is 94.0 Å². The van der Waals surface area contributed by atoms with Crippen molar-refractivity contribution in [2.75, 3.05) is 10.8 Å². The molecule has 0 bridgehead atoms. The molecule has 0 saturated heterocycles. The highest BCUT2D eigenvalue weighted by atomic mass is 32.2. The summed E-state index contributed by atoms with van der Waals surface area (Å²) in [6.07, 6.45) is 3.35. The molecule has 0 fully saturated rings. The second-order valence-corrected chi connectivity index (χ2v) is 11.1. The second-order valence-electron chi connectivity index (χ2n) is 9.21. The molecule has 1 aliphatic carbocycles. The number of aryl methyl sites for hydroxylation is 4. The van der Waals surface area contributed by atoms with Crippen molar-refractivity contribution in [2.45, 2.75) is 57.9 Å². The fraction of sp³-hybridized carbons (Fsp3) is 0.321. The Hall–Kier alpha value is -3.12. The third-order valence-electron chi connectivity index (χ3n) is 6.74. The summed E-state index contributed by atoms with van der Waals surface area (Å²) in [5, 5.41) is 3.01. The van der Waals surface area contributed by atoms with Gasteiger partial charge in [-0.3, -0.25) is 9.10 Å². The normalized spacial score (nSPS) is 13.9. The van der Waals surface area contributed by atoms with E-state index < -0.39 is 10.0 Å². The summed E-state index contributed by atoms with van der Waals surface area (Å²) in [5.74, 6) is -0.343. The van der Waals surface area contributed by atoms with Crippen LogP contribution in [0, 0.1) is 20.8 Å². The average Bonchev–Trinajstić information content (AvgIpc) is 3.28. The fourth-order valence-corrected chi connectivity index (χ4v) is 5.98. The number of fused-ring (bicyclic) bond motifs is 1. The summed E-state index contributed by atoms with van der Waals surface area (Å²) in [6.45, 7) is 7.37. The largest absolute Gasteiger partial charge is 0.348 e. The molecule has 0 aliphatic heterocycles. The van der Waals surface area contributed by atoms with Crippen molar-refractivity contribution in [2.24, 2.45) is 0 Å². The van der Waals surface area contributed by atoms with Gasteiger partial charge in [0.2, 0.25) is 5.91 Å². The van der Waals surface area contributed by atoms with E-state index >= 15 is 0 Å². The van der Waals surface area contributed by atoms with Crippen LogP contribution in [-0.2, 0) is 27.7 Å². The number of carbonyl (C=O) groups excluding carboxylic acids is 1. The van der Waals surface area contributed by atoms with Crippen molar-refractivity contribution in [1.82, 2.24) is 5.32 Å². The summed E-state index contributed by atoms with van der Waals surface area (Å²) in [4.78, 5) is 13.3. The van der Waals surface area contributed by atoms with Crippen LogP contribution in [0.5, 0.6) is 0 Å². The lowest BCUT2D eigenvalue weighted by Gasteiger charge is -2.27. The van der Waals surface area contributed by atoms with Gasteiger partial charge in [-0.05, 0) is 93.0 Å². The maximum Gasteiger partial charge on any atom is 0.264 e. The molecule has 4 rings (SSSR count). The van der Waals surface area contributed by atoms with E-state index in [2.05, 4.69) is 23.5 Å². The maximum atomic E-state index is 13.7. The van der Waals surface area contributed by atoms with Gasteiger partial charge in [-0.15, -0.1) is 0 Å². The highest BCUT2D eigenvalue weighted by Crippen LogP contribution is 2.29. The van der Waals surface area contributed by atoms with Crippen LogP contribution >= 0.6 is 0 Å². The van der Waals surface area contributed by atoms with Gasteiger partial charge >= 0.3 is 0 Å². The Balaban J connectivity index is 1.62. The predicted octanol–water partition coefficient (Wildman–Crippen LogP) is 5.17. The summed E-state index contributed by atoms with van der Waals surface area (Å²) >= 11 is 0. The number of nitrogens with zero attached hydrogens (tertiary/aromatic N) is 1. The minimum Gasteiger partial charge on any atom is -0.348 e. The Kier molecular flexibility index (Phi) is 6.80. The number of hydrogen-bond acceptors (Lipinski definition) is 3. The third-order valence-corrected chi connectivity index (χ3v) is 8.51. The molecular weight excluding hydrogens is 444 g/mol. The zero-order valence-electron chi connectivity index (χ0n) is 20.3. The smallest absolute Gasteiger partial charge is 0.264 e. The number of hydrogen-bond donors (Lipinski definition) is 1. The van der Waals surface area contributed by atoms with Crippen LogP contribution in [0.15, 0.2) is 65.6 Å². The van der Waals surface area contributed by atoms with E-state index in [9.17, 15) is 13.2 Å². The van der Waals surface area contributed by atoms with Gasteiger partial charge in [0.05, 0.1) is 16.6 Å². The first-order chi connectivity index (χ1) is 16.2. The predicted molar refractivity (Wildman–Crippen MR) is 137 cm³/mol. The lowest BCUT2D eigenvalue weighted by Crippen LogP contribution is -2.42. The lowest BCUT2D eigenvalue weighted by molar-refractivity contribution is -0.120.